The van der Waals surface area contributed by atoms with Gasteiger partial charge in [0.25, 0.3) is 0 Å². The van der Waals surface area contributed by atoms with Crippen LogP contribution in [0.25, 0.3) is 0 Å². The average Bonchev–Trinajstić information content (AvgIpc) is 2.19. The molecular formula is C10H15N3O. The zero-order valence-corrected chi connectivity index (χ0v) is 8.13. The predicted octanol–water partition coefficient (Wildman–Crippen LogP) is 0.433. The molecule has 1 N–H and O–H groups in total. The number of aliphatic hydroxyl groups is 1. The van der Waals surface area contributed by atoms with Crippen LogP contribution in [-0.4, -0.2) is 39.2 Å². The molecule has 0 aliphatic carbocycles. The lowest BCUT2D eigenvalue weighted by atomic mass is 10.1. The number of hydrogen-bond donors (Lipinski definition) is 1. The summed E-state index contributed by atoms with van der Waals surface area (Å²) in [5, 5.41) is 9.48. The summed E-state index contributed by atoms with van der Waals surface area (Å²) in [4.78, 5) is 10.5. The molecule has 2 heterocycles. The Kier molecular flexibility index (Phi) is 3.06. The molecule has 0 amide bonds. The first kappa shape index (κ1) is 9.55. The largest absolute Gasteiger partial charge is 0.392 e. The Hall–Kier alpha value is -1.00. The van der Waals surface area contributed by atoms with Crippen molar-refractivity contribution in [2.75, 3.05) is 13.1 Å². The van der Waals surface area contributed by atoms with E-state index in [0.29, 0.717) is 0 Å². The maximum absolute atomic E-state index is 9.48. The van der Waals surface area contributed by atoms with Crippen molar-refractivity contribution in [1.82, 2.24) is 14.9 Å². The fraction of sp³-hybridized carbons (Fsp3) is 0.600. The number of rotatable bonds is 2. The van der Waals surface area contributed by atoms with Gasteiger partial charge < -0.3 is 5.11 Å². The third-order valence-corrected chi connectivity index (χ3v) is 2.48. The van der Waals surface area contributed by atoms with Gasteiger partial charge in [-0.3, -0.25) is 14.9 Å². The molecule has 0 saturated carbocycles. The van der Waals surface area contributed by atoms with Crippen LogP contribution in [0.5, 0.6) is 0 Å². The highest BCUT2D eigenvalue weighted by molar-refractivity contribution is 4.94. The van der Waals surface area contributed by atoms with Crippen molar-refractivity contribution in [3.8, 4) is 0 Å². The quantitative estimate of drug-likeness (QED) is 0.740. The standard InChI is InChI=1S/C10H15N3O/c14-10-2-1-5-13(8-10)7-9-6-11-3-4-12-9/h3-4,6,10,14H,1-2,5,7-8H2/t10-/m1/s1. The van der Waals surface area contributed by atoms with Crippen LogP contribution in [0.3, 0.4) is 0 Å². The lowest BCUT2D eigenvalue weighted by Gasteiger charge is -2.29. The van der Waals surface area contributed by atoms with Crippen molar-refractivity contribution in [3.05, 3.63) is 24.3 Å². The van der Waals surface area contributed by atoms with E-state index in [1.54, 1.807) is 18.6 Å². The molecule has 1 saturated heterocycles. The van der Waals surface area contributed by atoms with Crippen molar-refractivity contribution in [2.24, 2.45) is 0 Å². The van der Waals surface area contributed by atoms with Gasteiger partial charge in [-0.1, -0.05) is 0 Å². The minimum absolute atomic E-state index is 0.166. The van der Waals surface area contributed by atoms with Gasteiger partial charge in [-0.05, 0) is 19.4 Å². The van der Waals surface area contributed by atoms with Crippen molar-refractivity contribution >= 4 is 0 Å². The zero-order chi connectivity index (χ0) is 9.80. The predicted molar refractivity (Wildman–Crippen MR) is 52.5 cm³/mol. The molecule has 14 heavy (non-hydrogen) atoms. The highest BCUT2D eigenvalue weighted by Gasteiger charge is 2.17. The van der Waals surface area contributed by atoms with Gasteiger partial charge in [-0.2, -0.15) is 0 Å². The highest BCUT2D eigenvalue weighted by atomic mass is 16.3. The summed E-state index contributed by atoms with van der Waals surface area (Å²) < 4.78 is 0. The number of piperidine rings is 1. The van der Waals surface area contributed by atoms with Gasteiger partial charge in [0, 0.05) is 31.7 Å². The third kappa shape index (κ3) is 2.49. The molecule has 4 heteroatoms. The molecule has 0 radical (unpaired) electrons. The van der Waals surface area contributed by atoms with Crippen molar-refractivity contribution in [3.63, 3.8) is 0 Å². The van der Waals surface area contributed by atoms with Gasteiger partial charge >= 0.3 is 0 Å². The maximum atomic E-state index is 9.48. The van der Waals surface area contributed by atoms with E-state index in [4.69, 9.17) is 0 Å². The van der Waals surface area contributed by atoms with Gasteiger partial charge in [-0.25, -0.2) is 0 Å². The number of aromatic nitrogens is 2. The van der Waals surface area contributed by atoms with Crippen molar-refractivity contribution < 1.29 is 5.11 Å². The fourth-order valence-corrected chi connectivity index (χ4v) is 1.82. The maximum Gasteiger partial charge on any atom is 0.0726 e. The summed E-state index contributed by atoms with van der Waals surface area (Å²) in [7, 11) is 0. The smallest absolute Gasteiger partial charge is 0.0726 e. The monoisotopic (exact) mass is 193 g/mol. The van der Waals surface area contributed by atoms with Gasteiger partial charge in [0.2, 0.25) is 0 Å². The SMILES string of the molecule is O[C@@H]1CCCN(Cc2cnccn2)C1. The Morgan fingerprint density at radius 3 is 3.14 bits per heavy atom. The second kappa shape index (κ2) is 4.48. The van der Waals surface area contributed by atoms with E-state index in [0.717, 1.165) is 38.2 Å². The van der Waals surface area contributed by atoms with Gasteiger partial charge in [-0.15, -0.1) is 0 Å². The van der Waals surface area contributed by atoms with Crippen LogP contribution in [0.4, 0.5) is 0 Å². The van der Waals surface area contributed by atoms with E-state index in [-0.39, 0.29) is 6.10 Å². The van der Waals surface area contributed by atoms with E-state index in [1.807, 2.05) is 0 Å². The van der Waals surface area contributed by atoms with Crippen LogP contribution >= 0.6 is 0 Å². The Bertz CT molecular complexity index is 278. The second-order valence-electron chi connectivity index (χ2n) is 3.73. The molecule has 1 aromatic rings. The van der Waals surface area contributed by atoms with Crippen LogP contribution in [0.15, 0.2) is 18.6 Å². The summed E-state index contributed by atoms with van der Waals surface area (Å²) in [5.41, 5.74) is 0.974. The molecule has 1 aromatic heterocycles. The Labute approximate surface area is 83.6 Å². The summed E-state index contributed by atoms with van der Waals surface area (Å²) in [6, 6.07) is 0. The molecule has 0 aromatic carbocycles. The Morgan fingerprint density at radius 2 is 2.43 bits per heavy atom. The summed E-state index contributed by atoms with van der Waals surface area (Å²) in [5.74, 6) is 0. The number of β-amino-alcohol motifs (C(OH)–C–C–N with tert-alkyl or cyclic N) is 1. The summed E-state index contributed by atoms with van der Waals surface area (Å²) in [6.07, 6.45) is 6.99. The first-order valence-electron chi connectivity index (χ1n) is 5.00. The van der Waals surface area contributed by atoms with Crippen LogP contribution in [0.2, 0.25) is 0 Å². The first-order valence-corrected chi connectivity index (χ1v) is 5.00. The van der Waals surface area contributed by atoms with Crippen molar-refractivity contribution in [2.45, 2.75) is 25.5 Å². The summed E-state index contributed by atoms with van der Waals surface area (Å²) in [6.45, 7) is 2.61. The van der Waals surface area contributed by atoms with E-state index >= 15 is 0 Å². The van der Waals surface area contributed by atoms with Crippen molar-refractivity contribution in [1.29, 1.82) is 0 Å². The molecular weight excluding hydrogens is 178 g/mol. The van der Waals surface area contributed by atoms with Crippen LogP contribution < -0.4 is 0 Å². The average molecular weight is 193 g/mol. The molecule has 76 valence electrons. The Balaban J connectivity index is 1.91. The van der Waals surface area contributed by atoms with Crippen LogP contribution in [0.1, 0.15) is 18.5 Å². The molecule has 0 bridgehead atoms. The number of aliphatic hydroxyl groups excluding tert-OH is 1. The number of likely N-dealkylation sites (tertiary alicyclic amines) is 1. The van der Waals surface area contributed by atoms with E-state index < -0.39 is 0 Å². The molecule has 4 nitrogen and oxygen atoms in total. The fourth-order valence-electron chi connectivity index (χ4n) is 1.82. The lowest BCUT2D eigenvalue weighted by molar-refractivity contribution is 0.0661. The minimum atomic E-state index is -0.166. The highest BCUT2D eigenvalue weighted by Crippen LogP contribution is 2.11. The third-order valence-electron chi connectivity index (χ3n) is 2.48. The van der Waals surface area contributed by atoms with Crippen LogP contribution in [0, 0.1) is 0 Å². The Morgan fingerprint density at radius 1 is 1.50 bits per heavy atom. The van der Waals surface area contributed by atoms with E-state index in [1.165, 1.54) is 0 Å². The molecule has 1 fully saturated rings. The second-order valence-corrected chi connectivity index (χ2v) is 3.73. The summed E-state index contributed by atoms with van der Waals surface area (Å²) >= 11 is 0. The molecule has 2 rings (SSSR count). The topological polar surface area (TPSA) is 49.2 Å². The lowest BCUT2D eigenvalue weighted by Crippen LogP contribution is -2.37. The molecule has 1 aliphatic heterocycles. The van der Waals surface area contributed by atoms with Gasteiger partial charge in [0.05, 0.1) is 11.8 Å². The molecule has 0 unspecified atom stereocenters. The van der Waals surface area contributed by atoms with Gasteiger partial charge in [0.1, 0.15) is 0 Å². The minimum Gasteiger partial charge on any atom is -0.392 e. The van der Waals surface area contributed by atoms with E-state index in [9.17, 15) is 5.11 Å². The first-order chi connectivity index (χ1) is 6.84. The van der Waals surface area contributed by atoms with Crippen LogP contribution in [-0.2, 0) is 6.54 Å². The molecule has 0 spiro atoms. The number of nitrogens with zero attached hydrogens (tertiary/aromatic N) is 3. The molecule has 1 atom stereocenters. The number of hydrogen-bond acceptors (Lipinski definition) is 4. The van der Waals surface area contributed by atoms with E-state index in [2.05, 4.69) is 14.9 Å². The zero-order valence-electron chi connectivity index (χ0n) is 8.13. The van der Waals surface area contributed by atoms with Gasteiger partial charge in [0.15, 0.2) is 0 Å². The normalized spacial score (nSPS) is 23.6. The molecule has 1 aliphatic rings.